The summed E-state index contributed by atoms with van der Waals surface area (Å²) in [5, 5.41) is 11.7. The van der Waals surface area contributed by atoms with Crippen LogP contribution in [-0.2, 0) is 14.3 Å². The number of aliphatic hydroxyl groups excluding tert-OH is 1. The zero-order valence-corrected chi connectivity index (χ0v) is 22.8. The van der Waals surface area contributed by atoms with E-state index >= 15 is 0 Å². The topological polar surface area (TPSA) is 96.6 Å². The Morgan fingerprint density at radius 3 is 2.69 bits per heavy atom. The van der Waals surface area contributed by atoms with E-state index in [1.807, 2.05) is 42.5 Å². The van der Waals surface area contributed by atoms with Crippen molar-refractivity contribution in [2.24, 2.45) is 5.92 Å². The van der Waals surface area contributed by atoms with Crippen molar-refractivity contribution >= 4 is 23.1 Å². The molecule has 0 spiro atoms. The Kier molecular flexibility index (Phi) is 7.99. The van der Waals surface area contributed by atoms with Crippen LogP contribution < -0.4 is 4.74 Å². The molecule has 9 nitrogen and oxygen atoms in total. The van der Waals surface area contributed by atoms with Crippen molar-refractivity contribution in [1.29, 1.82) is 0 Å². The van der Waals surface area contributed by atoms with Gasteiger partial charge in [-0.2, -0.15) is 0 Å². The molecule has 1 aromatic carbocycles. The van der Waals surface area contributed by atoms with E-state index in [1.165, 1.54) is 0 Å². The number of nitrogens with zero attached hydrogens (tertiary/aromatic N) is 4. The molecule has 2 aromatic heterocycles. The number of amides is 1. The van der Waals surface area contributed by atoms with Gasteiger partial charge < -0.3 is 19.5 Å². The molecule has 5 rings (SSSR count). The number of carbonyl (C=O) groups excluding carboxylic acids is 2. The molecule has 0 bridgehead atoms. The maximum atomic E-state index is 13.6. The number of ketones is 1. The predicted molar refractivity (Wildman–Crippen MR) is 148 cm³/mol. The minimum atomic E-state index is -0.756. The van der Waals surface area contributed by atoms with Crippen molar-refractivity contribution < 1.29 is 24.2 Å². The number of aliphatic hydroxyl groups is 1. The van der Waals surface area contributed by atoms with Gasteiger partial charge in [-0.3, -0.25) is 18.9 Å². The van der Waals surface area contributed by atoms with Crippen LogP contribution in [0.5, 0.6) is 5.75 Å². The SMILES string of the molecule is Cc1nc2ccccn2c1/C(O)=C1\C(=O)C(=O)N(CCN2CCOCC2)C1c1cccc(OCCC(C)C)c1. The Balaban J connectivity index is 1.56. The number of likely N-dealkylation sites (tertiary alicyclic amines) is 1. The largest absolute Gasteiger partial charge is 0.505 e. The average Bonchev–Trinajstić information content (AvgIpc) is 3.40. The molecule has 3 aromatic rings. The number of aryl methyl sites for hydroxylation is 1. The molecule has 1 atom stereocenters. The van der Waals surface area contributed by atoms with Gasteiger partial charge in [0, 0.05) is 32.4 Å². The van der Waals surface area contributed by atoms with Gasteiger partial charge in [0.05, 0.1) is 37.1 Å². The molecule has 0 aliphatic carbocycles. The number of morpholine rings is 1. The molecular formula is C30H36N4O5. The van der Waals surface area contributed by atoms with Crippen LogP contribution in [-0.4, -0.2) is 82.0 Å². The van der Waals surface area contributed by atoms with E-state index < -0.39 is 17.7 Å². The van der Waals surface area contributed by atoms with Gasteiger partial charge >= 0.3 is 0 Å². The van der Waals surface area contributed by atoms with Crippen molar-refractivity contribution in [3.63, 3.8) is 0 Å². The van der Waals surface area contributed by atoms with Gasteiger partial charge in [-0.25, -0.2) is 4.98 Å². The number of hydrogen-bond acceptors (Lipinski definition) is 7. The van der Waals surface area contributed by atoms with Gasteiger partial charge in [0.25, 0.3) is 11.7 Å². The third-order valence-corrected chi connectivity index (χ3v) is 7.37. The van der Waals surface area contributed by atoms with Gasteiger partial charge in [0.2, 0.25) is 0 Å². The van der Waals surface area contributed by atoms with Crippen LogP contribution in [0.25, 0.3) is 11.4 Å². The molecule has 2 aliphatic heterocycles. The third kappa shape index (κ3) is 5.55. The number of fused-ring (bicyclic) bond motifs is 1. The molecule has 2 fully saturated rings. The van der Waals surface area contributed by atoms with Crippen molar-refractivity contribution in [3.05, 3.63) is 71.2 Å². The van der Waals surface area contributed by atoms with Crippen LogP contribution >= 0.6 is 0 Å². The van der Waals surface area contributed by atoms with E-state index in [0.29, 0.717) is 67.2 Å². The van der Waals surface area contributed by atoms with Crippen molar-refractivity contribution in [2.75, 3.05) is 46.0 Å². The first-order chi connectivity index (χ1) is 18.8. The minimum Gasteiger partial charge on any atom is -0.505 e. The summed E-state index contributed by atoms with van der Waals surface area (Å²) >= 11 is 0. The number of Topliss-reactive ketones (excluding diaryl/α,β-unsaturated/α-hetero) is 1. The number of hydrogen-bond donors (Lipinski definition) is 1. The van der Waals surface area contributed by atoms with Gasteiger partial charge in [0.15, 0.2) is 5.76 Å². The molecule has 2 saturated heterocycles. The fourth-order valence-corrected chi connectivity index (χ4v) is 5.24. The van der Waals surface area contributed by atoms with E-state index in [9.17, 15) is 14.7 Å². The lowest BCUT2D eigenvalue weighted by molar-refractivity contribution is -0.140. The summed E-state index contributed by atoms with van der Waals surface area (Å²) in [5.74, 6) is -0.370. The Hall–Kier alpha value is -3.69. The summed E-state index contributed by atoms with van der Waals surface area (Å²) in [6.07, 6.45) is 2.70. The van der Waals surface area contributed by atoms with E-state index in [4.69, 9.17) is 9.47 Å². The Morgan fingerprint density at radius 1 is 1.13 bits per heavy atom. The second kappa shape index (κ2) is 11.6. The highest BCUT2D eigenvalue weighted by molar-refractivity contribution is 6.46. The number of imidazole rings is 1. The summed E-state index contributed by atoms with van der Waals surface area (Å²) in [6.45, 7) is 10.4. The molecule has 4 heterocycles. The van der Waals surface area contributed by atoms with E-state index in [-0.39, 0.29) is 11.3 Å². The first-order valence-corrected chi connectivity index (χ1v) is 13.6. The van der Waals surface area contributed by atoms with Crippen LogP contribution in [0.3, 0.4) is 0 Å². The number of aromatic nitrogens is 2. The van der Waals surface area contributed by atoms with Gasteiger partial charge in [-0.1, -0.05) is 32.0 Å². The van der Waals surface area contributed by atoms with Gasteiger partial charge in [0.1, 0.15) is 17.1 Å². The average molecular weight is 533 g/mol. The minimum absolute atomic E-state index is 0.0649. The summed E-state index contributed by atoms with van der Waals surface area (Å²) in [6, 6.07) is 12.3. The van der Waals surface area contributed by atoms with Crippen molar-refractivity contribution in [2.45, 2.75) is 33.2 Å². The Morgan fingerprint density at radius 2 is 1.92 bits per heavy atom. The van der Waals surface area contributed by atoms with E-state index in [2.05, 4.69) is 23.7 Å². The molecular weight excluding hydrogens is 496 g/mol. The highest BCUT2D eigenvalue weighted by Crippen LogP contribution is 2.40. The predicted octanol–water partition coefficient (Wildman–Crippen LogP) is 3.82. The first-order valence-electron chi connectivity index (χ1n) is 13.6. The number of benzene rings is 1. The van der Waals surface area contributed by atoms with Crippen LogP contribution in [0.1, 0.15) is 43.3 Å². The highest BCUT2D eigenvalue weighted by Gasteiger charge is 2.46. The fourth-order valence-electron chi connectivity index (χ4n) is 5.24. The van der Waals surface area contributed by atoms with Crippen LogP contribution in [0.15, 0.2) is 54.2 Å². The molecule has 206 valence electrons. The summed E-state index contributed by atoms with van der Waals surface area (Å²) in [7, 11) is 0. The second-order valence-electron chi connectivity index (χ2n) is 10.5. The maximum absolute atomic E-state index is 13.6. The summed E-state index contributed by atoms with van der Waals surface area (Å²) in [5.41, 5.74) is 2.41. The number of pyridine rings is 1. The number of rotatable bonds is 9. The molecule has 39 heavy (non-hydrogen) atoms. The second-order valence-corrected chi connectivity index (χ2v) is 10.5. The standard InChI is InChI=1S/C30H36N4O5/c1-20(2)10-16-39-23-8-6-7-22(19-23)27-25(28(35)26-21(3)31-24-9-4-5-11-33(24)26)29(36)30(37)34(27)13-12-32-14-17-38-18-15-32/h4-9,11,19-20,27,35H,10,12-18H2,1-3H3/b28-25+. The Bertz CT molecular complexity index is 1390. The lowest BCUT2D eigenvalue weighted by atomic mass is 9.96. The molecule has 0 saturated carbocycles. The van der Waals surface area contributed by atoms with Crippen LogP contribution in [0.2, 0.25) is 0 Å². The van der Waals surface area contributed by atoms with Crippen LogP contribution in [0, 0.1) is 12.8 Å². The van der Waals surface area contributed by atoms with Crippen molar-refractivity contribution in [1.82, 2.24) is 19.2 Å². The zero-order chi connectivity index (χ0) is 27.5. The smallest absolute Gasteiger partial charge is 0.295 e. The lowest BCUT2D eigenvalue weighted by Crippen LogP contribution is -2.42. The zero-order valence-electron chi connectivity index (χ0n) is 22.8. The summed E-state index contributed by atoms with van der Waals surface area (Å²) < 4.78 is 13.2. The molecule has 2 aliphatic rings. The van der Waals surface area contributed by atoms with Crippen molar-refractivity contribution in [3.8, 4) is 5.75 Å². The molecule has 1 N–H and O–H groups in total. The monoisotopic (exact) mass is 532 g/mol. The first kappa shape index (κ1) is 26.9. The van der Waals surface area contributed by atoms with Crippen LogP contribution in [0.4, 0.5) is 0 Å². The normalized spacial score (nSPS) is 19.9. The van der Waals surface area contributed by atoms with Gasteiger partial charge in [-0.15, -0.1) is 0 Å². The molecule has 1 amide bonds. The maximum Gasteiger partial charge on any atom is 0.295 e. The lowest BCUT2D eigenvalue weighted by Gasteiger charge is -2.31. The Labute approximate surface area is 228 Å². The van der Waals surface area contributed by atoms with Gasteiger partial charge in [-0.05, 0) is 49.1 Å². The summed E-state index contributed by atoms with van der Waals surface area (Å²) in [4.78, 5) is 35.4. The number of carbonyl (C=O) groups is 2. The molecule has 0 radical (unpaired) electrons. The quantitative estimate of drug-likeness (QED) is 0.254. The van der Waals surface area contributed by atoms with E-state index in [0.717, 1.165) is 19.5 Å². The fraction of sp³-hybridized carbons (Fsp3) is 0.433. The third-order valence-electron chi connectivity index (χ3n) is 7.37. The van der Waals surface area contributed by atoms with E-state index in [1.54, 1.807) is 22.4 Å². The highest BCUT2D eigenvalue weighted by atomic mass is 16.5. The molecule has 9 heteroatoms. The number of ether oxygens (including phenoxy) is 2. The molecule has 1 unspecified atom stereocenters.